The number of likely N-dealkylation sites (tertiary alicyclic amines) is 1. The highest BCUT2D eigenvalue weighted by Crippen LogP contribution is 2.20. The molecule has 3 N–H and O–H groups in total. The fourth-order valence-corrected chi connectivity index (χ4v) is 2.36. The number of rotatable bonds is 2. The maximum atomic E-state index is 12.4. The van der Waals surface area contributed by atoms with Crippen LogP contribution in [0.5, 0.6) is 0 Å². The van der Waals surface area contributed by atoms with Crippen LogP contribution in [0.25, 0.3) is 0 Å². The van der Waals surface area contributed by atoms with E-state index in [1.807, 2.05) is 24.0 Å². The molecule has 2 rings (SSSR count). The van der Waals surface area contributed by atoms with Crippen molar-refractivity contribution in [1.82, 2.24) is 4.90 Å². The number of hydrogen-bond acceptors (Lipinski definition) is 3. The molecular formula is C14H20N2O2. The lowest BCUT2D eigenvalue weighted by Crippen LogP contribution is -2.39. The molecule has 1 fully saturated rings. The van der Waals surface area contributed by atoms with E-state index in [2.05, 4.69) is 0 Å². The standard InChI is InChI=1S/C14H20N2O2/c1-10-2-3-12(15)8-13(10)14(18)16-6-4-11(9-17)5-7-16/h2-3,8,11,17H,4-7,9,15H2,1H3. The molecule has 1 aliphatic rings. The number of hydrogen-bond donors (Lipinski definition) is 2. The van der Waals surface area contributed by atoms with Crippen LogP contribution in [0, 0.1) is 12.8 Å². The maximum Gasteiger partial charge on any atom is 0.254 e. The van der Waals surface area contributed by atoms with Gasteiger partial charge in [-0.1, -0.05) is 6.07 Å². The van der Waals surface area contributed by atoms with E-state index in [1.165, 1.54) is 0 Å². The minimum Gasteiger partial charge on any atom is -0.399 e. The van der Waals surface area contributed by atoms with E-state index >= 15 is 0 Å². The molecule has 4 nitrogen and oxygen atoms in total. The van der Waals surface area contributed by atoms with Gasteiger partial charge in [0.25, 0.3) is 5.91 Å². The lowest BCUT2D eigenvalue weighted by Gasteiger charge is -2.31. The molecule has 0 aromatic heterocycles. The molecule has 0 saturated carbocycles. The number of benzene rings is 1. The molecule has 1 saturated heterocycles. The summed E-state index contributed by atoms with van der Waals surface area (Å²) in [5.74, 6) is 0.396. The van der Waals surface area contributed by atoms with Crippen molar-refractivity contribution in [2.75, 3.05) is 25.4 Å². The lowest BCUT2D eigenvalue weighted by molar-refractivity contribution is 0.0650. The van der Waals surface area contributed by atoms with Crippen LogP contribution in [-0.2, 0) is 0 Å². The fraction of sp³-hybridized carbons (Fsp3) is 0.500. The average Bonchev–Trinajstić information content (AvgIpc) is 2.41. The van der Waals surface area contributed by atoms with Crippen LogP contribution in [0.1, 0.15) is 28.8 Å². The number of piperidine rings is 1. The zero-order valence-electron chi connectivity index (χ0n) is 10.7. The Morgan fingerprint density at radius 3 is 2.72 bits per heavy atom. The predicted octanol–water partition coefficient (Wildman–Crippen LogP) is 1.42. The highest BCUT2D eigenvalue weighted by molar-refractivity contribution is 5.96. The number of nitrogens with two attached hydrogens (primary N) is 1. The first-order valence-corrected chi connectivity index (χ1v) is 6.38. The summed E-state index contributed by atoms with van der Waals surface area (Å²) in [6.45, 7) is 3.59. The first-order valence-electron chi connectivity index (χ1n) is 6.38. The monoisotopic (exact) mass is 248 g/mol. The van der Waals surface area contributed by atoms with Crippen molar-refractivity contribution in [1.29, 1.82) is 0 Å². The third kappa shape index (κ3) is 2.64. The summed E-state index contributed by atoms with van der Waals surface area (Å²) in [6, 6.07) is 5.43. The Bertz CT molecular complexity index is 437. The first-order chi connectivity index (χ1) is 8.61. The number of carbonyl (C=O) groups excluding carboxylic acids is 1. The number of carbonyl (C=O) groups is 1. The molecule has 18 heavy (non-hydrogen) atoms. The summed E-state index contributed by atoms with van der Waals surface area (Å²) in [6.07, 6.45) is 1.76. The Balaban J connectivity index is 2.10. The van der Waals surface area contributed by atoms with Crippen molar-refractivity contribution in [3.63, 3.8) is 0 Å². The number of anilines is 1. The molecule has 0 unspecified atom stereocenters. The zero-order valence-corrected chi connectivity index (χ0v) is 10.7. The molecular weight excluding hydrogens is 228 g/mol. The lowest BCUT2D eigenvalue weighted by atomic mass is 9.97. The summed E-state index contributed by atoms with van der Waals surface area (Å²) in [4.78, 5) is 14.2. The van der Waals surface area contributed by atoms with E-state index in [9.17, 15) is 4.79 Å². The van der Waals surface area contributed by atoms with Gasteiger partial charge in [-0.3, -0.25) is 4.79 Å². The Labute approximate surface area is 107 Å². The van der Waals surface area contributed by atoms with Crippen LogP contribution < -0.4 is 5.73 Å². The summed E-state index contributed by atoms with van der Waals surface area (Å²) in [7, 11) is 0. The number of nitrogens with zero attached hydrogens (tertiary/aromatic N) is 1. The van der Waals surface area contributed by atoms with E-state index in [1.54, 1.807) is 6.07 Å². The van der Waals surface area contributed by atoms with Gasteiger partial charge in [0.2, 0.25) is 0 Å². The van der Waals surface area contributed by atoms with Crippen molar-refractivity contribution < 1.29 is 9.90 Å². The van der Waals surface area contributed by atoms with E-state index < -0.39 is 0 Å². The summed E-state index contributed by atoms with van der Waals surface area (Å²) in [5.41, 5.74) is 8.00. The molecule has 98 valence electrons. The molecule has 0 aliphatic carbocycles. The molecule has 4 heteroatoms. The number of aryl methyl sites for hydroxylation is 1. The van der Waals surface area contributed by atoms with Crippen molar-refractivity contribution in [3.05, 3.63) is 29.3 Å². The van der Waals surface area contributed by atoms with Crippen LogP contribution in [0.2, 0.25) is 0 Å². The summed E-state index contributed by atoms with van der Waals surface area (Å²) < 4.78 is 0. The molecule has 1 aromatic rings. The Hall–Kier alpha value is -1.55. The van der Waals surface area contributed by atoms with E-state index in [0.717, 1.165) is 31.5 Å². The quantitative estimate of drug-likeness (QED) is 0.778. The second kappa shape index (κ2) is 5.40. The Morgan fingerprint density at radius 1 is 1.44 bits per heavy atom. The maximum absolute atomic E-state index is 12.4. The van der Waals surface area contributed by atoms with Gasteiger partial charge >= 0.3 is 0 Å². The fourth-order valence-electron chi connectivity index (χ4n) is 2.36. The SMILES string of the molecule is Cc1ccc(N)cc1C(=O)N1CCC(CO)CC1. The first kappa shape index (κ1) is 12.9. The Morgan fingerprint density at radius 2 is 2.11 bits per heavy atom. The normalized spacial score (nSPS) is 16.9. The third-order valence-corrected chi connectivity index (χ3v) is 3.65. The zero-order chi connectivity index (χ0) is 13.1. The second-order valence-corrected chi connectivity index (χ2v) is 4.99. The van der Waals surface area contributed by atoms with Crippen molar-refractivity contribution >= 4 is 11.6 Å². The van der Waals surface area contributed by atoms with Gasteiger partial charge in [0.15, 0.2) is 0 Å². The smallest absolute Gasteiger partial charge is 0.254 e. The van der Waals surface area contributed by atoms with Gasteiger partial charge in [-0.15, -0.1) is 0 Å². The van der Waals surface area contributed by atoms with Gasteiger partial charge in [-0.05, 0) is 43.4 Å². The Kier molecular flexibility index (Phi) is 3.87. The van der Waals surface area contributed by atoms with Gasteiger partial charge < -0.3 is 15.7 Å². The molecule has 1 aliphatic heterocycles. The van der Waals surface area contributed by atoms with E-state index in [0.29, 0.717) is 17.2 Å². The molecule has 0 atom stereocenters. The van der Waals surface area contributed by atoms with Gasteiger partial charge in [0.05, 0.1) is 0 Å². The van der Waals surface area contributed by atoms with Gasteiger partial charge in [0, 0.05) is 30.9 Å². The summed E-state index contributed by atoms with van der Waals surface area (Å²) >= 11 is 0. The largest absolute Gasteiger partial charge is 0.399 e. The van der Waals surface area contributed by atoms with Crippen LogP contribution in [-0.4, -0.2) is 35.6 Å². The van der Waals surface area contributed by atoms with Crippen molar-refractivity contribution in [3.8, 4) is 0 Å². The van der Waals surface area contributed by atoms with Crippen LogP contribution in [0.3, 0.4) is 0 Å². The predicted molar refractivity (Wildman–Crippen MR) is 71.3 cm³/mol. The topological polar surface area (TPSA) is 66.6 Å². The molecule has 0 radical (unpaired) electrons. The number of nitrogen functional groups attached to an aromatic ring is 1. The minimum atomic E-state index is 0.0520. The highest BCUT2D eigenvalue weighted by Gasteiger charge is 2.24. The second-order valence-electron chi connectivity index (χ2n) is 4.99. The average molecular weight is 248 g/mol. The number of aliphatic hydroxyl groups excluding tert-OH is 1. The van der Waals surface area contributed by atoms with E-state index in [4.69, 9.17) is 10.8 Å². The molecule has 1 heterocycles. The van der Waals surface area contributed by atoms with Gasteiger partial charge in [-0.2, -0.15) is 0 Å². The number of aliphatic hydroxyl groups is 1. The summed E-state index contributed by atoms with van der Waals surface area (Å²) in [5, 5.41) is 9.09. The minimum absolute atomic E-state index is 0.0520. The van der Waals surface area contributed by atoms with Crippen LogP contribution in [0.15, 0.2) is 18.2 Å². The van der Waals surface area contributed by atoms with Crippen molar-refractivity contribution in [2.24, 2.45) is 5.92 Å². The van der Waals surface area contributed by atoms with Gasteiger partial charge in [0.1, 0.15) is 0 Å². The molecule has 1 aromatic carbocycles. The number of amides is 1. The van der Waals surface area contributed by atoms with Crippen molar-refractivity contribution in [2.45, 2.75) is 19.8 Å². The van der Waals surface area contributed by atoms with E-state index in [-0.39, 0.29) is 12.5 Å². The molecule has 0 spiro atoms. The molecule has 0 bridgehead atoms. The third-order valence-electron chi connectivity index (χ3n) is 3.65. The van der Waals surface area contributed by atoms with Gasteiger partial charge in [-0.25, -0.2) is 0 Å². The van der Waals surface area contributed by atoms with Crippen LogP contribution in [0.4, 0.5) is 5.69 Å². The highest BCUT2D eigenvalue weighted by atomic mass is 16.3. The van der Waals surface area contributed by atoms with Crippen LogP contribution >= 0.6 is 0 Å². The molecule has 1 amide bonds.